The van der Waals surface area contributed by atoms with Gasteiger partial charge in [0.2, 0.25) is 5.91 Å². The van der Waals surface area contributed by atoms with E-state index in [0.717, 1.165) is 30.0 Å². The number of anilines is 2. The van der Waals surface area contributed by atoms with Crippen LogP contribution in [0.4, 0.5) is 24.5 Å². The van der Waals surface area contributed by atoms with E-state index in [0.29, 0.717) is 21.4 Å². The molecule has 0 saturated heterocycles. The van der Waals surface area contributed by atoms with Gasteiger partial charge in [-0.05, 0) is 60.0 Å². The van der Waals surface area contributed by atoms with Crippen LogP contribution in [0.1, 0.15) is 26.3 Å². The van der Waals surface area contributed by atoms with Crippen LogP contribution in [0.15, 0.2) is 83.8 Å². The minimum atomic E-state index is -4.57. The van der Waals surface area contributed by atoms with E-state index in [1.54, 1.807) is 54.6 Å². The number of aromatic carboxylic acids is 1. The van der Waals surface area contributed by atoms with Crippen molar-refractivity contribution in [3.05, 3.63) is 101 Å². The number of carbonyl (C=O) groups excluding carboxylic acids is 2. The lowest BCUT2D eigenvalue weighted by atomic mass is 9.98. The van der Waals surface area contributed by atoms with Crippen molar-refractivity contribution < 1.29 is 32.7 Å². The Kier molecular flexibility index (Phi) is 7.94. The fraction of sp³-hybridized carbons (Fsp3) is 0.0741. The Bertz CT molecular complexity index is 1540. The highest BCUT2D eigenvalue weighted by Crippen LogP contribution is 2.34. The summed E-state index contributed by atoms with van der Waals surface area (Å²) >= 11 is 7.05. The van der Waals surface area contributed by atoms with Gasteiger partial charge in [0.15, 0.2) is 0 Å². The molecule has 0 aliphatic carbocycles. The van der Waals surface area contributed by atoms with E-state index in [4.69, 9.17) is 11.6 Å². The van der Waals surface area contributed by atoms with Gasteiger partial charge < -0.3 is 15.7 Å². The van der Waals surface area contributed by atoms with Crippen LogP contribution >= 0.6 is 23.4 Å². The van der Waals surface area contributed by atoms with Crippen LogP contribution in [0.3, 0.4) is 0 Å². The number of rotatable bonds is 7. The number of thioether (sulfide) groups is 1. The average Bonchev–Trinajstić information content (AvgIpc) is 2.88. The molecule has 4 aromatic rings. The topological polar surface area (TPSA) is 95.5 Å². The largest absolute Gasteiger partial charge is 0.478 e. The van der Waals surface area contributed by atoms with Gasteiger partial charge in [0, 0.05) is 21.5 Å². The maximum atomic E-state index is 12.9. The van der Waals surface area contributed by atoms with E-state index in [2.05, 4.69) is 10.6 Å². The maximum absolute atomic E-state index is 12.9. The molecule has 0 radical (unpaired) electrons. The number of nitrogens with one attached hydrogen (secondary N) is 2. The molecular formula is C27H18ClF3N2O4S. The standard InChI is InChI=1S/C27H18ClF3N2O4S/c28-21-12-7-16(27(29,30)31)13-22(21)33-23(34)14-38-18-10-8-17(9-11-18)32-25(35)19-5-1-3-15-4-2-6-20(24(15)19)26(36)37/h1-13H,14H2,(H,32,35)(H,33,34)(H,36,37). The van der Waals surface area contributed by atoms with Crippen LogP contribution in [0.25, 0.3) is 10.8 Å². The number of halogens is 4. The Morgan fingerprint density at radius 1 is 0.868 bits per heavy atom. The summed E-state index contributed by atoms with van der Waals surface area (Å²) in [5.41, 5.74) is -0.382. The van der Waals surface area contributed by atoms with Crippen molar-refractivity contribution in [2.75, 3.05) is 16.4 Å². The molecule has 2 amide bonds. The monoisotopic (exact) mass is 558 g/mol. The second-order valence-corrected chi connectivity index (χ2v) is 9.48. The smallest absolute Gasteiger partial charge is 0.416 e. The van der Waals surface area contributed by atoms with Crippen molar-refractivity contribution in [1.82, 2.24) is 0 Å². The lowest BCUT2D eigenvalue weighted by Gasteiger charge is -2.12. The molecule has 0 saturated carbocycles. The molecule has 0 atom stereocenters. The number of carbonyl (C=O) groups is 3. The number of benzene rings is 4. The van der Waals surface area contributed by atoms with Gasteiger partial charge in [-0.25, -0.2) is 4.79 Å². The number of carboxylic acid groups (broad SMARTS) is 1. The third kappa shape index (κ3) is 6.27. The summed E-state index contributed by atoms with van der Waals surface area (Å²) < 4.78 is 38.8. The van der Waals surface area contributed by atoms with Crippen molar-refractivity contribution in [1.29, 1.82) is 0 Å². The van der Waals surface area contributed by atoms with Crippen LogP contribution in [-0.4, -0.2) is 28.6 Å². The van der Waals surface area contributed by atoms with Gasteiger partial charge in [0.25, 0.3) is 5.91 Å². The molecule has 0 unspecified atom stereocenters. The molecular weight excluding hydrogens is 541 g/mol. The molecule has 0 heterocycles. The zero-order chi connectivity index (χ0) is 27.4. The summed E-state index contributed by atoms with van der Waals surface area (Å²) in [6.07, 6.45) is -4.57. The van der Waals surface area contributed by atoms with E-state index in [1.165, 1.54) is 6.07 Å². The van der Waals surface area contributed by atoms with Gasteiger partial charge in [-0.3, -0.25) is 9.59 Å². The van der Waals surface area contributed by atoms with Gasteiger partial charge in [-0.1, -0.05) is 35.9 Å². The van der Waals surface area contributed by atoms with Crippen molar-refractivity contribution >= 4 is 63.3 Å². The third-order valence-electron chi connectivity index (χ3n) is 5.43. The summed E-state index contributed by atoms with van der Waals surface area (Å²) in [4.78, 5) is 37.6. The Hall–Kier alpha value is -4.02. The first-order valence-corrected chi connectivity index (χ1v) is 12.3. The first kappa shape index (κ1) is 27.0. The summed E-state index contributed by atoms with van der Waals surface area (Å²) in [7, 11) is 0. The summed E-state index contributed by atoms with van der Waals surface area (Å²) in [5.74, 6) is -2.26. The Morgan fingerprint density at radius 2 is 1.53 bits per heavy atom. The molecule has 38 heavy (non-hydrogen) atoms. The second-order valence-electron chi connectivity index (χ2n) is 8.02. The number of hydrogen-bond donors (Lipinski definition) is 3. The Morgan fingerprint density at radius 3 is 2.16 bits per heavy atom. The number of fused-ring (bicyclic) bond motifs is 1. The van der Waals surface area contributed by atoms with Crippen LogP contribution in [0, 0.1) is 0 Å². The third-order valence-corrected chi connectivity index (χ3v) is 6.77. The number of alkyl halides is 3. The fourth-order valence-electron chi connectivity index (χ4n) is 3.67. The summed E-state index contributed by atoms with van der Waals surface area (Å²) in [5, 5.41) is 15.6. The average molecular weight is 559 g/mol. The lowest BCUT2D eigenvalue weighted by Crippen LogP contribution is -2.15. The number of carboxylic acids is 1. The second kappa shape index (κ2) is 11.2. The number of amides is 2. The van der Waals surface area contributed by atoms with E-state index in [1.807, 2.05) is 0 Å². The molecule has 6 nitrogen and oxygen atoms in total. The fourth-order valence-corrected chi connectivity index (χ4v) is 4.54. The molecule has 11 heteroatoms. The van der Waals surface area contributed by atoms with E-state index < -0.39 is 29.5 Å². The molecule has 0 bridgehead atoms. The Balaban J connectivity index is 1.40. The van der Waals surface area contributed by atoms with Crippen LogP contribution < -0.4 is 10.6 Å². The maximum Gasteiger partial charge on any atom is 0.416 e. The van der Waals surface area contributed by atoms with Crippen LogP contribution in [-0.2, 0) is 11.0 Å². The zero-order valence-corrected chi connectivity index (χ0v) is 20.9. The lowest BCUT2D eigenvalue weighted by molar-refractivity contribution is -0.137. The summed E-state index contributed by atoms with van der Waals surface area (Å²) in [6.45, 7) is 0. The first-order valence-electron chi connectivity index (χ1n) is 11.0. The van der Waals surface area contributed by atoms with Crippen LogP contribution in [0.2, 0.25) is 5.02 Å². The highest BCUT2D eigenvalue weighted by atomic mass is 35.5. The van der Waals surface area contributed by atoms with Crippen molar-refractivity contribution in [3.8, 4) is 0 Å². The summed E-state index contributed by atoms with van der Waals surface area (Å²) in [6, 6.07) is 18.9. The molecule has 0 aliphatic heterocycles. The van der Waals surface area contributed by atoms with E-state index >= 15 is 0 Å². The predicted molar refractivity (Wildman–Crippen MR) is 141 cm³/mol. The molecule has 0 spiro atoms. The minimum Gasteiger partial charge on any atom is -0.478 e. The Labute approximate surface area is 223 Å². The minimum absolute atomic E-state index is 0.0156. The van der Waals surface area contributed by atoms with Gasteiger partial charge in [-0.15, -0.1) is 11.8 Å². The predicted octanol–water partition coefficient (Wildman–Crippen LogP) is 7.19. The molecule has 4 aromatic carbocycles. The molecule has 4 rings (SSSR count). The molecule has 194 valence electrons. The van der Waals surface area contributed by atoms with Crippen LogP contribution in [0.5, 0.6) is 0 Å². The van der Waals surface area contributed by atoms with Crippen molar-refractivity contribution in [3.63, 3.8) is 0 Å². The molecule has 3 N–H and O–H groups in total. The van der Waals surface area contributed by atoms with E-state index in [9.17, 15) is 32.7 Å². The molecule has 0 aliphatic rings. The molecule has 0 fully saturated rings. The quantitative estimate of drug-likeness (QED) is 0.209. The van der Waals surface area contributed by atoms with Gasteiger partial charge in [0.05, 0.1) is 27.6 Å². The van der Waals surface area contributed by atoms with Gasteiger partial charge in [-0.2, -0.15) is 13.2 Å². The zero-order valence-electron chi connectivity index (χ0n) is 19.3. The first-order chi connectivity index (χ1) is 18.0. The van der Waals surface area contributed by atoms with Crippen molar-refractivity contribution in [2.24, 2.45) is 0 Å². The van der Waals surface area contributed by atoms with Gasteiger partial charge >= 0.3 is 12.1 Å². The van der Waals surface area contributed by atoms with Crippen molar-refractivity contribution in [2.45, 2.75) is 11.1 Å². The SMILES string of the molecule is O=C(CSc1ccc(NC(=O)c2cccc3cccc(C(=O)O)c23)cc1)Nc1cc(C(F)(F)F)ccc1Cl. The normalized spacial score (nSPS) is 11.3. The number of hydrogen-bond acceptors (Lipinski definition) is 4. The van der Waals surface area contributed by atoms with E-state index in [-0.39, 0.29) is 27.6 Å². The molecule has 0 aromatic heterocycles. The highest BCUT2D eigenvalue weighted by molar-refractivity contribution is 8.00. The van der Waals surface area contributed by atoms with Gasteiger partial charge in [0.1, 0.15) is 0 Å². The highest BCUT2D eigenvalue weighted by Gasteiger charge is 2.31.